The van der Waals surface area contributed by atoms with Gasteiger partial charge in [0, 0.05) is 11.7 Å². The first-order valence-electron chi connectivity index (χ1n) is 7.31. The van der Waals surface area contributed by atoms with Gasteiger partial charge in [0.15, 0.2) is 0 Å². The minimum Gasteiger partial charge on any atom is -0.0652 e. The van der Waals surface area contributed by atoms with Crippen molar-refractivity contribution in [1.29, 1.82) is 0 Å². The van der Waals surface area contributed by atoms with Crippen molar-refractivity contribution in [2.24, 2.45) is 0 Å². The Hall–Kier alpha value is 0.650. The molecule has 0 amide bonds. The zero-order valence-electron chi connectivity index (χ0n) is 12.3. The molecule has 0 aliphatic heterocycles. The van der Waals surface area contributed by atoms with E-state index >= 15 is 0 Å². The maximum absolute atomic E-state index is 3.67. The lowest BCUT2D eigenvalue weighted by atomic mass is 10.4. The van der Waals surface area contributed by atoms with Crippen molar-refractivity contribution in [1.82, 2.24) is 0 Å². The zero-order chi connectivity index (χ0) is 13.1. The smallest absolute Gasteiger partial charge is 0.0652 e. The molecule has 0 aliphatic rings. The average Bonchev–Trinajstić information content (AvgIpc) is 2.30. The molecule has 2 heteroatoms. The Morgan fingerprint density at radius 2 is 1.24 bits per heavy atom. The maximum Gasteiger partial charge on any atom is 0.0685 e. The Bertz CT molecular complexity index is 185. The molecular weight excluding hydrogens is 291 g/mol. The van der Waals surface area contributed by atoms with E-state index in [4.69, 9.17) is 0 Å². The van der Waals surface area contributed by atoms with Gasteiger partial charge in [0.2, 0.25) is 0 Å². The van der Waals surface area contributed by atoms with Crippen molar-refractivity contribution in [2.45, 2.75) is 66.2 Å². The molecule has 0 heterocycles. The molecule has 0 saturated carbocycles. The molecule has 0 bridgehead atoms. The molecular formula is C15H31BrP+. The Balaban J connectivity index is 4.70. The molecule has 0 rings (SSSR count). The van der Waals surface area contributed by atoms with E-state index < -0.39 is 7.26 Å². The molecule has 0 atom stereocenters. The average molecular weight is 322 g/mol. The highest BCUT2D eigenvalue weighted by atomic mass is 79.9. The van der Waals surface area contributed by atoms with Gasteiger partial charge in [0.25, 0.3) is 0 Å². The van der Waals surface area contributed by atoms with Crippen LogP contribution in [0.15, 0.2) is 10.3 Å². The number of unbranched alkanes of at least 4 members (excludes halogenated alkanes) is 3. The highest BCUT2D eigenvalue weighted by Crippen LogP contribution is 2.63. The minimum atomic E-state index is -0.811. The summed E-state index contributed by atoms with van der Waals surface area (Å²) in [6, 6.07) is 0. The van der Waals surface area contributed by atoms with Crippen molar-refractivity contribution >= 4 is 23.2 Å². The monoisotopic (exact) mass is 321 g/mol. The number of rotatable bonds is 10. The van der Waals surface area contributed by atoms with Crippen LogP contribution in [0, 0.1) is 0 Å². The third kappa shape index (κ3) is 8.38. The molecule has 102 valence electrons. The van der Waals surface area contributed by atoms with Crippen LogP contribution >= 0.6 is 23.2 Å². The second-order valence-electron chi connectivity index (χ2n) is 5.17. The SMILES string of the molecule is CCCC[P+](/C=C(\C)Br)(CCCC)CCCC. The summed E-state index contributed by atoms with van der Waals surface area (Å²) in [4.78, 5) is 0. The standard InChI is InChI=1S/C15H31BrP/c1-5-8-11-17(12-9-6-2,13-10-7-3)14-15(4)16/h14H,5-13H2,1-4H3/q+1/b15-14+. The van der Waals surface area contributed by atoms with E-state index in [1.54, 1.807) is 0 Å². The molecule has 0 spiro atoms. The molecule has 0 aromatic rings. The number of hydrogen-bond donors (Lipinski definition) is 0. The summed E-state index contributed by atoms with van der Waals surface area (Å²) < 4.78 is 1.37. The van der Waals surface area contributed by atoms with Crippen LogP contribution in [-0.2, 0) is 0 Å². The number of allylic oxidation sites excluding steroid dienone is 1. The van der Waals surface area contributed by atoms with E-state index in [0.717, 1.165) is 0 Å². The van der Waals surface area contributed by atoms with Gasteiger partial charge < -0.3 is 0 Å². The van der Waals surface area contributed by atoms with Gasteiger partial charge >= 0.3 is 0 Å². The molecule has 0 aliphatic carbocycles. The molecule has 0 aromatic heterocycles. The summed E-state index contributed by atoms with van der Waals surface area (Å²) in [7, 11) is -0.811. The van der Waals surface area contributed by atoms with Gasteiger partial charge in [-0.15, -0.1) is 0 Å². The second-order valence-corrected chi connectivity index (χ2v) is 10.5. The van der Waals surface area contributed by atoms with Gasteiger partial charge in [-0.2, -0.15) is 0 Å². The third-order valence-electron chi connectivity index (χ3n) is 3.32. The highest BCUT2D eigenvalue weighted by Gasteiger charge is 2.33. The van der Waals surface area contributed by atoms with E-state index in [9.17, 15) is 0 Å². The lowest BCUT2D eigenvalue weighted by molar-refractivity contribution is 0.840. The summed E-state index contributed by atoms with van der Waals surface area (Å²) in [6.45, 7) is 9.16. The van der Waals surface area contributed by atoms with E-state index in [-0.39, 0.29) is 0 Å². The van der Waals surface area contributed by atoms with Crippen molar-refractivity contribution in [3.63, 3.8) is 0 Å². The van der Waals surface area contributed by atoms with Gasteiger partial charge in [-0.25, -0.2) is 0 Å². The van der Waals surface area contributed by atoms with Gasteiger partial charge in [-0.05, 0) is 26.2 Å². The Labute approximate surface area is 118 Å². The van der Waals surface area contributed by atoms with Crippen molar-refractivity contribution in [3.05, 3.63) is 10.3 Å². The summed E-state index contributed by atoms with van der Waals surface area (Å²) >= 11 is 3.67. The predicted octanol–water partition coefficient (Wildman–Crippen LogP) is 6.66. The van der Waals surface area contributed by atoms with Gasteiger partial charge in [0.05, 0.1) is 24.3 Å². The van der Waals surface area contributed by atoms with Crippen LogP contribution in [0.3, 0.4) is 0 Å². The van der Waals surface area contributed by atoms with E-state index in [2.05, 4.69) is 49.4 Å². The number of halogens is 1. The first-order valence-corrected chi connectivity index (χ1v) is 10.5. The third-order valence-corrected chi connectivity index (χ3v) is 8.46. The van der Waals surface area contributed by atoms with Crippen molar-refractivity contribution < 1.29 is 0 Å². The second kappa shape index (κ2) is 10.6. The van der Waals surface area contributed by atoms with Crippen molar-refractivity contribution in [2.75, 3.05) is 18.5 Å². The van der Waals surface area contributed by atoms with Crippen LogP contribution in [0.4, 0.5) is 0 Å². The maximum atomic E-state index is 3.67. The quantitative estimate of drug-likeness (QED) is 0.394. The van der Waals surface area contributed by atoms with Crippen LogP contribution in [-0.4, -0.2) is 18.5 Å². The molecule has 0 aromatic carbocycles. The normalized spacial score (nSPS) is 13.1. The topological polar surface area (TPSA) is 0 Å². The lowest BCUT2D eigenvalue weighted by Crippen LogP contribution is -2.06. The summed E-state index contributed by atoms with van der Waals surface area (Å²) in [5, 5.41) is 0. The molecule has 0 radical (unpaired) electrons. The lowest BCUT2D eigenvalue weighted by Gasteiger charge is -2.24. The molecule has 0 N–H and O–H groups in total. The van der Waals surface area contributed by atoms with E-state index in [0.29, 0.717) is 0 Å². The summed E-state index contributed by atoms with van der Waals surface area (Å²) in [5.74, 6) is 2.62. The molecule has 0 fully saturated rings. The highest BCUT2D eigenvalue weighted by molar-refractivity contribution is 9.11. The summed E-state index contributed by atoms with van der Waals surface area (Å²) in [6.07, 6.45) is 12.7. The molecule has 0 nitrogen and oxygen atoms in total. The minimum absolute atomic E-state index is 0.811. The predicted molar refractivity (Wildman–Crippen MR) is 88.9 cm³/mol. The Kier molecular flexibility index (Phi) is 11.0. The van der Waals surface area contributed by atoms with E-state index in [1.807, 2.05) is 0 Å². The van der Waals surface area contributed by atoms with Crippen LogP contribution in [0.25, 0.3) is 0 Å². The van der Waals surface area contributed by atoms with Gasteiger partial charge in [-0.3, -0.25) is 0 Å². The Morgan fingerprint density at radius 1 is 0.882 bits per heavy atom. The van der Waals surface area contributed by atoms with Crippen LogP contribution in [0.5, 0.6) is 0 Å². The van der Waals surface area contributed by atoms with Crippen LogP contribution in [0.2, 0.25) is 0 Å². The summed E-state index contributed by atoms with van der Waals surface area (Å²) in [5.41, 5.74) is 0. The molecule has 17 heavy (non-hydrogen) atoms. The fourth-order valence-corrected chi connectivity index (χ4v) is 8.28. The fourth-order valence-electron chi connectivity index (χ4n) is 2.33. The largest absolute Gasteiger partial charge is 0.0685 e. The Morgan fingerprint density at radius 3 is 1.47 bits per heavy atom. The molecule has 0 saturated heterocycles. The van der Waals surface area contributed by atoms with Crippen LogP contribution < -0.4 is 0 Å². The van der Waals surface area contributed by atoms with Gasteiger partial charge in [-0.1, -0.05) is 56.0 Å². The first-order chi connectivity index (χ1) is 8.10. The number of hydrogen-bond acceptors (Lipinski definition) is 0. The van der Waals surface area contributed by atoms with Gasteiger partial charge in [0.1, 0.15) is 0 Å². The van der Waals surface area contributed by atoms with E-state index in [1.165, 1.54) is 61.5 Å². The molecule has 0 unspecified atom stereocenters. The first kappa shape index (κ1) is 17.6. The van der Waals surface area contributed by atoms with Crippen molar-refractivity contribution in [3.8, 4) is 0 Å². The fraction of sp³-hybridized carbons (Fsp3) is 0.867. The zero-order valence-corrected chi connectivity index (χ0v) is 14.7. The van der Waals surface area contributed by atoms with Crippen LogP contribution in [0.1, 0.15) is 66.2 Å².